The van der Waals surface area contributed by atoms with E-state index in [1.807, 2.05) is 0 Å². The molecule has 1 aromatic rings. The Morgan fingerprint density at radius 1 is 1.42 bits per heavy atom. The summed E-state index contributed by atoms with van der Waals surface area (Å²) in [7, 11) is 0. The van der Waals surface area contributed by atoms with Crippen molar-refractivity contribution in [3.63, 3.8) is 0 Å². The molecule has 0 spiro atoms. The van der Waals surface area contributed by atoms with E-state index in [-0.39, 0.29) is 5.75 Å². The van der Waals surface area contributed by atoms with Crippen LogP contribution in [0.3, 0.4) is 0 Å². The van der Waals surface area contributed by atoms with Crippen LogP contribution in [0.2, 0.25) is 5.02 Å². The monoisotopic (exact) mass is 346 g/mol. The lowest BCUT2D eigenvalue weighted by molar-refractivity contribution is 0.0395. The minimum Gasteiger partial charge on any atom is -0.506 e. The van der Waals surface area contributed by atoms with Crippen molar-refractivity contribution in [2.45, 2.75) is 0 Å². The van der Waals surface area contributed by atoms with Gasteiger partial charge in [-0.3, -0.25) is 9.89 Å². The van der Waals surface area contributed by atoms with E-state index in [2.05, 4.69) is 25.8 Å². The van der Waals surface area contributed by atoms with Gasteiger partial charge >= 0.3 is 0 Å². The first-order valence-electron chi connectivity index (χ1n) is 6.15. The fraction of sp³-hybridized carbons (Fsp3) is 0.462. The molecule has 104 valence electrons. The molecule has 0 aromatic heterocycles. The van der Waals surface area contributed by atoms with Crippen molar-refractivity contribution in [2.24, 2.45) is 4.99 Å². The largest absolute Gasteiger partial charge is 0.506 e. The summed E-state index contributed by atoms with van der Waals surface area (Å²) >= 11 is 9.18. The fourth-order valence-electron chi connectivity index (χ4n) is 1.87. The molecule has 0 unspecified atom stereocenters. The maximum absolute atomic E-state index is 9.85. The molecule has 1 N–H and O–H groups in total. The number of halogens is 2. The van der Waals surface area contributed by atoms with Gasteiger partial charge in [0.15, 0.2) is 0 Å². The number of aliphatic imine (C=N–C) groups is 1. The molecule has 0 aliphatic carbocycles. The lowest BCUT2D eigenvalue weighted by atomic mass is 10.2. The molecule has 1 fully saturated rings. The van der Waals surface area contributed by atoms with Crippen LogP contribution in [0, 0.1) is 0 Å². The number of nitrogens with zero attached hydrogens (tertiary/aromatic N) is 2. The Hall–Kier alpha value is -0.620. The third kappa shape index (κ3) is 4.45. The third-order valence-electron chi connectivity index (χ3n) is 2.94. The van der Waals surface area contributed by atoms with Crippen LogP contribution in [0.1, 0.15) is 5.56 Å². The molecule has 1 heterocycles. The second-order valence-electron chi connectivity index (χ2n) is 4.31. The van der Waals surface area contributed by atoms with Gasteiger partial charge in [0.05, 0.1) is 24.2 Å². The zero-order valence-corrected chi connectivity index (χ0v) is 12.8. The summed E-state index contributed by atoms with van der Waals surface area (Å²) in [5.41, 5.74) is 0.626. The molecule has 6 heteroatoms. The van der Waals surface area contributed by atoms with Crippen LogP contribution in [-0.4, -0.2) is 55.6 Å². The topological polar surface area (TPSA) is 45.1 Å². The van der Waals surface area contributed by atoms with Crippen molar-refractivity contribution < 1.29 is 9.84 Å². The molecule has 0 atom stereocenters. The van der Waals surface area contributed by atoms with E-state index in [0.29, 0.717) is 21.6 Å². The summed E-state index contributed by atoms with van der Waals surface area (Å²) in [5, 5.41) is 10.4. The zero-order chi connectivity index (χ0) is 13.7. The van der Waals surface area contributed by atoms with Gasteiger partial charge in [0.25, 0.3) is 0 Å². The van der Waals surface area contributed by atoms with Crippen LogP contribution in [0.5, 0.6) is 5.75 Å². The van der Waals surface area contributed by atoms with Gasteiger partial charge in [-0.2, -0.15) is 0 Å². The predicted octanol–water partition coefficient (Wildman–Crippen LogP) is 2.56. The Morgan fingerprint density at radius 3 is 2.89 bits per heavy atom. The average Bonchev–Trinajstić information content (AvgIpc) is 2.41. The first-order chi connectivity index (χ1) is 9.16. The van der Waals surface area contributed by atoms with E-state index in [4.69, 9.17) is 16.3 Å². The van der Waals surface area contributed by atoms with Crippen molar-refractivity contribution in [1.82, 2.24) is 4.90 Å². The smallest absolute Gasteiger partial charge is 0.138 e. The van der Waals surface area contributed by atoms with Gasteiger partial charge in [0.2, 0.25) is 0 Å². The van der Waals surface area contributed by atoms with Crippen LogP contribution >= 0.6 is 27.5 Å². The van der Waals surface area contributed by atoms with Gasteiger partial charge in [-0.15, -0.1) is 0 Å². The van der Waals surface area contributed by atoms with Crippen LogP contribution in [0.15, 0.2) is 21.6 Å². The van der Waals surface area contributed by atoms with Gasteiger partial charge in [-0.1, -0.05) is 11.6 Å². The first-order valence-corrected chi connectivity index (χ1v) is 7.32. The molecule has 1 aromatic carbocycles. The van der Waals surface area contributed by atoms with E-state index in [9.17, 15) is 5.11 Å². The van der Waals surface area contributed by atoms with Crippen molar-refractivity contribution in [1.29, 1.82) is 0 Å². The van der Waals surface area contributed by atoms with Crippen molar-refractivity contribution in [2.75, 3.05) is 39.4 Å². The maximum atomic E-state index is 9.85. The van der Waals surface area contributed by atoms with Crippen molar-refractivity contribution in [3.8, 4) is 5.75 Å². The minimum absolute atomic E-state index is 0.166. The highest BCUT2D eigenvalue weighted by atomic mass is 79.9. The third-order valence-corrected chi connectivity index (χ3v) is 3.76. The molecule has 1 aliphatic rings. The van der Waals surface area contributed by atoms with Crippen LogP contribution in [-0.2, 0) is 4.74 Å². The molecule has 1 aliphatic heterocycles. The summed E-state index contributed by atoms with van der Waals surface area (Å²) in [6.45, 7) is 5.12. The lowest BCUT2D eigenvalue weighted by Gasteiger charge is -2.25. The highest BCUT2D eigenvalue weighted by molar-refractivity contribution is 9.10. The van der Waals surface area contributed by atoms with Crippen molar-refractivity contribution in [3.05, 3.63) is 27.2 Å². The standard InChI is InChI=1S/C13H16BrClN2O2/c14-12-8-11(15)7-10(13(12)18)9-16-1-2-17-3-5-19-6-4-17/h7-9,18H,1-6H2. The van der Waals surface area contributed by atoms with Gasteiger partial charge in [-0.25, -0.2) is 0 Å². The summed E-state index contributed by atoms with van der Waals surface area (Å²) in [6, 6.07) is 3.35. The second kappa shape index (κ2) is 7.24. The predicted molar refractivity (Wildman–Crippen MR) is 80.5 cm³/mol. The number of ether oxygens (including phenoxy) is 1. The van der Waals surface area contributed by atoms with Gasteiger partial charge in [-0.05, 0) is 28.1 Å². The van der Waals surface area contributed by atoms with Crippen LogP contribution < -0.4 is 0 Å². The van der Waals surface area contributed by atoms with Crippen LogP contribution in [0.25, 0.3) is 0 Å². The van der Waals surface area contributed by atoms with Crippen molar-refractivity contribution >= 4 is 33.7 Å². The van der Waals surface area contributed by atoms with Gasteiger partial charge < -0.3 is 9.84 Å². The molecular weight excluding hydrogens is 332 g/mol. The number of benzene rings is 1. The van der Waals surface area contributed by atoms with E-state index < -0.39 is 0 Å². The molecular formula is C13H16BrClN2O2. The first kappa shape index (κ1) is 14.8. The molecule has 0 saturated carbocycles. The number of morpholine rings is 1. The molecule has 2 rings (SSSR count). The fourth-order valence-corrected chi connectivity index (χ4v) is 2.71. The van der Waals surface area contributed by atoms with E-state index in [1.165, 1.54) is 0 Å². The number of phenolic OH excluding ortho intramolecular Hbond substituents is 1. The van der Waals surface area contributed by atoms with E-state index >= 15 is 0 Å². The van der Waals surface area contributed by atoms with E-state index in [1.54, 1.807) is 18.3 Å². The number of hydrogen-bond acceptors (Lipinski definition) is 4. The minimum atomic E-state index is 0.166. The van der Waals surface area contributed by atoms with Crippen LogP contribution in [0.4, 0.5) is 0 Å². The highest BCUT2D eigenvalue weighted by Crippen LogP contribution is 2.30. The number of phenols is 1. The maximum Gasteiger partial charge on any atom is 0.138 e. The molecule has 0 radical (unpaired) electrons. The number of rotatable bonds is 4. The second-order valence-corrected chi connectivity index (χ2v) is 5.61. The Balaban J connectivity index is 1.88. The Kier molecular flexibility index (Phi) is 5.63. The number of aromatic hydroxyl groups is 1. The summed E-state index contributed by atoms with van der Waals surface area (Å²) in [4.78, 5) is 6.65. The zero-order valence-electron chi connectivity index (χ0n) is 10.5. The number of hydrogen-bond donors (Lipinski definition) is 1. The van der Waals surface area contributed by atoms with Gasteiger partial charge in [0.1, 0.15) is 5.75 Å². The quantitative estimate of drug-likeness (QED) is 0.852. The molecule has 0 amide bonds. The Morgan fingerprint density at radius 2 is 2.16 bits per heavy atom. The molecule has 4 nitrogen and oxygen atoms in total. The Bertz CT molecular complexity index is 462. The van der Waals surface area contributed by atoms with Gasteiger partial charge in [0, 0.05) is 36.4 Å². The highest BCUT2D eigenvalue weighted by Gasteiger charge is 2.09. The van der Waals surface area contributed by atoms with E-state index in [0.717, 1.165) is 32.8 Å². The molecule has 0 bridgehead atoms. The molecule has 1 saturated heterocycles. The average molecular weight is 348 g/mol. The SMILES string of the molecule is Oc1c(Br)cc(Cl)cc1C=NCCN1CCOCC1. The molecule has 19 heavy (non-hydrogen) atoms. The lowest BCUT2D eigenvalue weighted by Crippen LogP contribution is -2.37. The summed E-state index contributed by atoms with van der Waals surface area (Å²) in [6.07, 6.45) is 1.66. The normalized spacial score (nSPS) is 17.2. The summed E-state index contributed by atoms with van der Waals surface area (Å²) < 4.78 is 5.86. The summed E-state index contributed by atoms with van der Waals surface area (Å²) in [5.74, 6) is 0.166. The Labute approximate surface area is 126 Å².